The number of aryl methyl sites for hydroxylation is 1. The van der Waals surface area contributed by atoms with Crippen molar-refractivity contribution < 1.29 is 9.21 Å². The third-order valence-corrected chi connectivity index (χ3v) is 5.52. The Hall–Kier alpha value is -3.41. The number of hydrogen-bond donors (Lipinski definition) is 1. The van der Waals surface area contributed by atoms with Crippen molar-refractivity contribution in [1.29, 1.82) is 0 Å². The van der Waals surface area contributed by atoms with Crippen LogP contribution in [0.15, 0.2) is 59.3 Å². The molecule has 0 bridgehead atoms. The van der Waals surface area contributed by atoms with Gasteiger partial charge in [-0.05, 0) is 49.6 Å². The summed E-state index contributed by atoms with van der Waals surface area (Å²) in [5.74, 6) is 0.716. The van der Waals surface area contributed by atoms with Crippen LogP contribution in [0.1, 0.15) is 18.4 Å². The summed E-state index contributed by atoms with van der Waals surface area (Å²) in [7, 11) is 0. The van der Waals surface area contributed by atoms with Crippen molar-refractivity contribution in [3.8, 4) is 0 Å². The van der Waals surface area contributed by atoms with Crippen LogP contribution in [0.2, 0.25) is 0 Å². The number of nitrogens with one attached hydrogen (secondary N) is 1. The fourth-order valence-corrected chi connectivity index (χ4v) is 4.09. The van der Waals surface area contributed by atoms with E-state index in [0.29, 0.717) is 12.1 Å². The number of benzene rings is 2. The molecular weight excluding hydrogens is 364 g/mol. The molecule has 0 saturated carbocycles. The van der Waals surface area contributed by atoms with Gasteiger partial charge in [-0.25, -0.2) is 9.97 Å². The van der Waals surface area contributed by atoms with Gasteiger partial charge in [0.15, 0.2) is 11.4 Å². The Bertz CT molecular complexity index is 1200. The van der Waals surface area contributed by atoms with Crippen molar-refractivity contribution in [2.24, 2.45) is 5.92 Å². The molecule has 1 aliphatic rings. The third-order valence-electron chi connectivity index (χ3n) is 5.52. The van der Waals surface area contributed by atoms with E-state index in [4.69, 9.17) is 4.42 Å². The van der Waals surface area contributed by atoms with Gasteiger partial charge in [0.2, 0.25) is 5.91 Å². The molecule has 0 aliphatic carbocycles. The van der Waals surface area contributed by atoms with Gasteiger partial charge < -0.3 is 14.6 Å². The third kappa shape index (κ3) is 3.31. The predicted molar refractivity (Wildman–Crippen MR) is 114 cm³/mol. The van der Waals surface area contributed by atoms with Gasteiger partial charge in [0.05, 0.1) is 5.92 Å². The van der Waals surface area contributed by atoms with Gasteiger partial charge in [-0.1, -0.05) is 24.3 Å². The van der Waals surface area contributed by atoms with E-state index in [1.165, 1.54) is 0 Å². The number of fused-ring (bicyclic) bond motifs is 3. The molecule has 4 aromatic rings. The number of hydrogen-bond acceptors (Lipinski definition) is 5. The first kappa shape index (κ1) is 17.7. The quantitative estimate of drug-likeness (QED) is 0.560. The Balaban J connectivity index is 1.41. The van der Waals surface area contributed by atoms with Gasteiger partial charge in [0.1, 0.15) is 17.4 Å². The Morgan fingerprint density at radius 2 is 2.07 bits per heavy atom. The Kier molecular flexibility index (Phi) is 4.39. The zero-order chi connectivity index (χ0) is 19.8. The normalized spacial score (nSPS) is 17.0. The van der Waals surface area contributed by atoms with Gasteiger partial charge >= 0.3 is 0 Å². The second kappa shape index (κ2) is 7.20. The minimum absolute atomic E-state index is 0.0511. The van der Waals surface area contributed by atoms with Crippen LogP contribution >= 0.6 is 0 Å². The molecule has 29 heavy (non-hydrogen) atoms. The van der Waals surface area contributed by atoms with Crippen LogP contribution in [0.4, 0.5) is 11.5 Å². The first-order chi connectivity index (χ1) is 14.2. The number of amides is 1. The number of aromatic nitrogens is 2. The van der Waals surface area contributed by atoms with E-state index in [9.17, 15) is 4.79 Å². The highest BCUT2D eigenvalue weighted by molar-refractivity contribution is 6.05. The molecule has 5 rings (SSSR count). The molecule has 1 amide bonds. The average molecular weight is 386 g/mol. The molecule has 1 unspecified atom stereocenters. The van der Waals surface area contributed by atoms with Gasteiger partial charge in [-0.15, -0.1) is 0 Å². The number of furan rings is 1. The summed E-state index contributed by atoms with van der Waals surface area (Å²) in [6, 6.07) is 15.8. The van der Waals surface area contributed by atoms with E-state index < -0.39 is 0 Å². The van der Waals surface area contributed by atoms with E-state index >= 15 is 0 Å². The van der Waals surface area contributed by atoms with Crippen LogP contribution < -0.4 is 10.2 Å². The van der Waals surface area contributed by atoms with E-state index in [-0.39, 0.29) is 11.8 Å². The zero-order valence-corrected chi connectivity index (χ0v) is 16.3. The standard InChI is InChI=1S/C23H22N4O2/c1-15-6-4-8-17(12-15)26-23(28)16-7-5-11-27(13-16)22-21-20(24-14-25-22)18-9-2-3-10-19(18)29-21/h2-4,6,8-10,12,14,16H,5,7,11,13H2,1H3,(H,26,28). The largest absolute Gasteiger partial charge is 0.450 e. The summed E-state index contributed by atoms with van der Waals surface area (Å²) < 4.78 is 6.07. The molecule has 1 fully saturated rings. The van der Waals surface area contributed by atoms with Gasteiger partial charge in [-0.2, -0.15) is 0 Å². The van der Waals surface area contributed by atoms with Crippen LogP contribution in [0.5, 0.6) is 0 Å². The van der Waals surface area contributed by atoms with Crippen LogP contribution in [0, 0.1) is 12.8 Å². The van der Waals surface area contributed by atoms with Gasteiger partial charge in [-0.3, -0.25) is 4.79 Å². The first-order valence-electron chi connectivity index (χ1n) is 9.94. The molecule has 1 saturated heterocycles. The number of piperidine rings is 1. The van der Waals surface area contributed by atoms with Crippen LogP contribution in [0.25, 0.3) is 22.1 Å². The number of rotatable bonds is 3. The maximum absolute atomic E-state index is 12.9. The molecule has 6 nitrogen and oxygen atoms in total. The van der Waals surface area contributed by atoms with E-state index in [0.717, 1.165) is 52.9 Å². The predicted octanol–water partition coefficient (Wildman–Crippen LogP) is 4.54. The fourth-order valence-electron chi connectivity index (χ4n) is 4.09. The Labute approximate surface area is 168 Å². The number of carbonyl (C=O) groups excluding carboxylic acids is 1. The molecule has 0 radical (unpaired) electrons. The molecule has 3 heterocycles. The molecular formula is C23H22N4O2. The molecule has 2 aromatic heterocycles. The second-order valence-corrected chi connectivity index (χ2v) is 7.62. The maximum Gasteiger partial charge on any atom is 0.229 e. The van der Waals surface area contributed by atoms with Crippen LogP contribution in [-0.2, 0) is 4.79 Å². The van der Waals surface area contributed by atoms with Gasteiger partial charge in [0.25, 0.3) is 0 Å². The summed E-state index contributed by atoms with van der Waals surface area (Å²) in [5, 5.41) is 4.04. The minimum atomic E-state index is -0.0985. The lowest BCUT2D eigenvalue weighted by atomic mass is 9.97. The summed E-state index contributed by atoms with van der Waals surface area (Å²) in [5.41, 5.74) is 4.27. The summed E-state index contributed by atoms with van der Waals surface area (Å²) in [6.07, 6.45) is 3.37. The minimum Gasteiger partial charge on any atom is -0.450 e. The van der Waals surface area contributed by atoms with Crippen molar-refractivity contribution >= 4 is 39.5 Å². The molecule has 2 aromatic carbocycles. The fraction of sp³-hybridized carbons (Fsp3) is 0.261. The second-order valence-electron chi connectivity index (χ2n) is 7.62. The highest BCUT2D eigenvalue weighted by atomic mass is 16.3. The highest BCUT2D eigenvalue weighted by Crippen LogP contribution is 2.33. The van der Waals surface area contributed by atoms with Gasteiger partial charge in [0, 0.05) is 24.2 Å². The maximum atomic E-state index is 12.9. The summed E-state index contributed by atoms with van der Waals surface area (Å²) in [6.45, 7) is 3.48. The lowest BCUT2D eigenvalue weighted by Gasteiger charge is -2.32. The average Bonchev–Trinajstić information content (AvgIpc) is 3.13. The lowest BCUT2D eigenvalue weighted by molar-refractivity contribution is -0.120. The number of carbonyl (C=O) groups is 1. The topological polar surface area (TPSA) is 71.3 Å². The molecule has 1 N–H and O–H groups in total. The number of anilines is 2. The van der Waals surface area contributed by atoms with Crippen molar-refractivity contribution in [3.05, 3.63) is 60.4 Å². The van der Waals surface area contributed by atoms with Crippen LogP contribution in [-0.4, -0.2) is 29.0 Å². The van der Waals surface area contributed by atoms with Crippen LogP contribution in [0.3, 0.4) is 0 Å². The summed E-state index contributed by atoms with van der Waals surface area (Å²) in [4.78, 5) is 24.0. The molecule has 0 spiro atoms. The SMILES string of the molecule is Cc1cccc(NC(=O)C2CCCN(c3ncnc4c3oc3ccccc34)C2)c1. The monoisotopic (exact) mass is 386 g/mol. The Morgan fingerprint density at radius 1 is 1.17 bits per heavy atom. The van der Waals surface area contributed by atoms with E-state index in [1.807, 2.05) is 55.5 Å². The van der Waals surface area contributed by atoms with Crippen molar-refractivity contribution in [2.45, 2.75) is 19.8 Å². The highest BCUT2D eigenvalue weighted by Gasteiger charge is 2.28. The van der Waals surface area contributed by atoms with Crippen molar-refractivity contribution in [3.63, 3.8) is 0 Å². The Morgan fingerprint density at radius 3 is 2.97 bits per heavy atom. The molecule has 1 atom stereocenters. The molecule has 1 aliphatic heterocycles. The lowest BCUT2D eigenvalue weighted by Crippen LogP contribution is -2.41. The number of para-hydroxylation sites is 1. The van der Waals surface area contributed by atoms with Crippen molar-refractivity contribution in [1.82, 2.24) is 9.97 Å². The number of nitrogens with zero attached hydrogens (tertiary/aromatic N) is 3. The molecule has 146 valence electrons. The van der Waals surface area contributed by atoms with E-state index in [1.54, 1.807) is 6.33 Å². The summed E-state index contributed by atoms with van der Waals surface area (Å²) >= 11 is 0. The van der Waals surface area contributed by atoms with E-state index in [2.05, 4.69) is 20.2 Å². The molecule has 6 heteroatoms. The first-order valence-corrected chi connectivity index (χ1v) is 9.94. The smallest absolute Gasteiger partial charge is 0.229 e. The zero-order valence-electron chi connectivity index (χ0n) is 16.3. The van der Waals surface area contributed by atoms with Crippen molar-refractivity contribution in [2.75, 3.05) is 23.3 Å².